The summed E-state index contributed by atoms with van der Waals surface area (Å²) in [4.78, 5) is 37.9. The minimum Gasteiger partial charge on any atom is -0.383 e. The molecule has 34 heavy (non-hydrogen) atoms. The van der Waals surface area contributed by atoms with Gasteiger partial charge in [-0.3, -0.25) is 9.69 Å². The molecule has 9 nitrogen and oxygen atoms in total. The van der Waals surface area contributed by atoms with Crippen molar-refractivity contribution in [2.45, 2.75) is 26.4 Å². The molecule has 1 aromatic carbocycles. The maximum absolute atomic E-state index is 13.4. The van der Waals surface area contributed by atoms with Gasteiger partial charge in [0, 0.05) is 45.7 Å². The number of benzene rings is 1. The third kappa shape index (κ3) is 7.09. The number of amides is 3. The van der Waals surface area contributed by atoms with E-state index in [0.29, 0.717) is 36.2 Å². The van der Waals surface area contributed by atoms with Gasteiger partial charge in [-0.05, 0) is 31.0 Å². The van der Waals surface area contributed by atoms with Gasteiger partial charge in [0.2, 0.25) is 0 Å². The zero-order valence-corrected chi connectivity index (χ0v) is 20.1. The normalized spacial score (nSPS) is 10.8. The number of halogens is 1. The molecule has 0 aliphatic rings. The fourth-order valence-electron chi connectivity index (χ4n) is 3.22. The van der Waals surface area contributed by atoms with Crippen LogP contribution in [0.15, 0.2) is 49.2 Å². The average molecular weight is 489 g/mol. The van der Waals surface area contributed by atoms with Crippen molar-refractivity contribution < 1.29 is 18.7 Å². The third-order valence-corrected chi connectivity index (χ3v) is 6.11. The summed E-state index contributed by atoms with van der Waals surface area (Å²) in [6, 6.07) is 5.70. The van der Waals surface area contributed by atoms with Gasteiger partial charge in [0.15, 0.2) is 5.13 Å². The van der Waals surface area contributed by atoms with Crippen LogP contribution in [-0.4, -0.2) is 64.7 Å². The first-order chi connectivity index (χ1) is 16.5. The average Bonchev–Trinajstić information content (AvgIpc) is 3.54. The Morgan fingerprint density at radius 2 is 2.06 bits per heavy atom. The van der Waals surface area contributed by atoms with Crippen molar-refractivity contribution in [3.8, 4) is 0 Å². The Labute approximate surface area is 202 Å². The number of aromatic nitrogens is 3. The number of hydrogen-bond donors (Lipinski definition) is 1. The Bertz CT molecular complexity index is 1040. The number of methoxy groups -OCH3 is 1. The molecule has 0 unspecified atom stereocenters. The predicted molar refractivity (Wildman–Crippen MR) is 128 cm³/mol. The van der Waals surface area contributed by atoms with Crippen LogP contribution in [0.3, 0.4) is 0 Å². The van der Waals surface area contributed by atoms with Crippen molar-refractivity contribution in [3.05, 3.63) is 65.4 Å². The lowest BCUT2D eigenvalue weighted by Crippen LogP contribution is -2.44. The maximum Gasteiger partial charge on any atom is 0.326 e. The van der Waals surface area contributed by atoms with Crippen molar-refractivity contribution >= 4 is 28.4 Å². The van der Waals surface area contributed by atoms with Gasteiger partial charge in [0.05, 0.1) is 25.7 Å². The predicted octanol–water partition coefficient (Wildman–Crippen LogP) is 3.39. The Morgan fingerprint density at radius 1 is 1.26 bits per heavy atom. The molecule has 3 aromatic rings. The van der Waals surface area contributed by atoms with E-state index in [1.807, 2.05) is 17.7 Å². The van der Waals surface area contributed by atoms with Gasteiger partial charge >= 0.3 is 6.03 Å². The number of rotatable bonds is 12. The topological polar surface area (TPSA) is 92.6 Å². The van der Waals surface area contributed by atoms with Gasteiger partial charge in [0.25, 0.3) is 5.91 Å². The number of likely N-dealkylation sites (N-methyl/N-ethyl adjacent to an activating group) is 1. The van der Waals surface area contributed by atoms with E-state index >= 15 is 0 Å². The Hall–Kier alpha value is -3.31. The summed E-state index contributed by atoms with van der Waals surface area (Å²) < 4.78 is 20.4. The van der Waals surface area contributed by atoms with Crippen LogP contribution in [0, 0.1) is 5.82 Å². The van der Waals surface area contributed by atoms with E-state index in [2.05, 4.69) is 15.3 Å². The smallest absolute Gasteiger partial charge is 0.326 e. The number of ether oxygens (including phenoxy) is 1. The van der Waals surface area contributed by atoms with Crippen LogP contribution in [0.2, 0.25) is 0 Å². The molecule has 0 spiro atoms. The molecule has 182 valence electrons. The van der Waals surface area contributed by atoms with Crippen LogP contribution < -0.4 is 10.2 Å². The number of nitrogens with one attached hydrogen (secondary N) is 1. The van der Waals surface area contributed by atoms with Crippen LogP contribution >= 0.6 is 11.3 Å². The summed E-state index contributed by atoms with van der Waals surface area (Å²) in [5.74, 6) is -0.589. The first-order valence-corrected chi connectivity index (χ1v) is 11.8. The number of urea groups is 1. The van der Waals surface area contributed by atoms with E-state index in [9.17, 15) is 14.0 Å². The van der Waals surface area contributed by atoms with Gasteiger partial charge in [0.1, 0.15) is 10.7 Å². The van der Waals surface area contributed by atoms with Crippen LogP contribution in [0.25, 0.3) is 0 Å². The number of imidazole rings is 1. The first kappa shape index (κ1) is 25.3. The second-order valence-electron chi connectivity index (χ2n) is 7.48. The molecular formula is C23H29FN6O3S. The highest BCUT2D eigenvalue weighted by molar-refractivity contribution is 7.17. The molecule has 0 aliphatic heterocycles. The molecule has 11 heteroatoms. The molecule has 0 saturated carbocycles. The van der Waals surface area contributed by atoms with E-state index < -0.39 is 0 Å². The largest absolute Gasteiger partial charge is 0.383 e. The first-order valence-electron chi connectivity index (χ1n) is 11.0. The molecule has 1 N–H and O–H groups in total. The number of carbonyl (C=O) groups is 2. The molecule has 2 heterocycles. The minimum atomic E-state index is -0.349. The summed E-state index contributed by atoms with van der Waals surface area (Å²) >= 11 is 1.14. The molecule has 0 saturated heterocycles. The second kappa shape index (κ2) is 12.8. The molecule has 3 amide bonds. The number of nitrogens with zero attached hydrogens (tertiary/aromatic N) is 5. The van der Waals surface area contributed by atoms with Gasteiger partial charge < -0.3 is 19.5 Å². The van der Waals surface area contributed by atoms with Crippen molar-refractivity contribution in [1.29, 1.82) is 0 Å². The number of thiazole rings is 1. The molecule has 0 radical (unpaired) electrons. The molecule has 0 fully saturated rings. The lowest BCUT2D eigenvalue weighted by Gasteiger charge is -2.28. The molecule has 3 rings (SSSR count). The SMILES string of the molecule is CCN(CCOC)C(=O)N(Cc1ccc(F)cc1)c1ncc(C(=O)NCCCn2ccnc2)s1. The quantitative estimate of drug-likeness (QED) is 0.395. The summed E-state index contributed by atoms with van der Waals surface area (Å²) in [6.45, 7) is 4.63. The Morgan fingerprint density at radius 3 is 2.74 bits per heavy atom. The number of anilines is 1. The van der Waals surface area contributed by atoms with Crippen LogP contribution in [-0.2, 0) is 17.8 Å². The van der Waals surface area contributed by atoms with Crippen LogP contribution in [0.1, 0.15) is 28.6 Å². The summed E-state index contributed by atoms with van der Waals surface area (Å²) in [6.07, 6.45) is 7.55. The lowest BCUT2D eigenvalue weighted by molar-refractivity contribution is 0.0956. The lowest BCUT2D eigenvalue weighted by atomic mass is 10.2. The highest BCUT2D eigenvalue weighted by Crippen LogP contribution is 2.26. The van der Waals surface area contributed by atoms with Crippen molar-refractivity contribution in [2.75, 3.05) is 38.3 Å². The van der Waals surface area contributed by atoms with Gasteiger partial charge in [-0.25, -0.2) is 19.2 Å². The zero-order chi connectivity index (χ0) is 24.3. The Balaban J connectivity index is 1.70. The van der Waals surface area contributed by atoms with E-state index in [0.717, 1.165) is 29.9 Å². The fraction of sp³-hybridized carbons (Fsp3) is 0.391. The van der Waals surface area contributed by atoms with E-state index in [1.165, 1.54) is 23.2 Å². The summed E-state index contributed by atoms with van der Waals surface area (Å²) in [5.41, 5.74) is 0.748. The fourth-order valence-corrected chi connectivity index (χ4v) is 4.04. The molecule has 0 atom stereocenters. The molecular weight excluding hydrogens is 459 g/mol. The van der Waals surface area contributed by atoms with E-state index in [4.69, 9.17) is 4.74 Å². The van der Waals surface area contributed by atoms with Crippen molar-refractivity contribution in [3.63, 3.8) is 0 Å². The zero-order valence-electron chi connectivity index (χ0n) is 19.3. The second-order valence-corrected chi connectivity index (χ2v) is 8.49. The van der Waals surface area contributed by atoms with Gasteiger partial charge in [-0.1, -0.05) is 23.5 Å². The van der Waals surface area contributed by atoms with E-state index in [-0.39, 0.29) is 24.3 Å². The number of hydrogen-bond acceptors (Lipinski definition) is 6. The third-order valence-electron chi connectivity index (χ3n) is 5.09. The van der Waals surface area contributed by atoms with Crippen LogP contribution in [0.4, 0.5) is 14.3 Å². The van der Waals surface area contributed by atoms with Gasteiger partial charge in [-0.2, -0.15) is 0 Å². The van der Waals surface area contributed by atoms with Gasteiger partial charge in [-0.15, -0.1) is 0 Å². The maximum atomic E-state index is 13.4. The Kier molecular flexibility index (Phi) is 9.53. The van der Waals surface area contributed by atoms with E-state index in [1.54, 1.807) is 36.7 Å². The summed E-state index contributed by atoms with van der Waals surface area (Å²) in [5, 5.41) is 3.28. The molecule has 2 aromatic heterocycles. The molecule has 0 aliphatic carbocycles. The number of aryl methyl sites for hydroxylation is 1. The standard InChI is InChI=1S/C23H29FN6O3S/c1-3-29(13-14-33-2)23(32)30(16-18-5-7-19(24)8-6-18)22-27-15-20(34-22)21(31)26-9-4-11-28-12-10-25-17-28/h5-8,10,12,15,17H,3-4,9,11,13-14,16H2,1-2H3,(H,26,31). The highest BCUT2D eigenvalue weighted by atomic mass is 32.1. The van der Waals surface area contributed by atoms with Crippen molar-refractivity contribution in [1.82, 2.24) is 24.8 Å². The van der Waals surface area contributed by atoms with Crippen LogP contribution in [0.5, 0.6) is 0 Å². The molecule has 0 bridgehead atoms. The number of carbonyl (C=O) groups excluding carboxylic acids is 2. The van der Waals surface area contributed by atoms with Crippen molar-refractivity contribution in [2.24, 2.45) is 0 Å². The highest BCUT2D eigenvalue weighted by Gasteiger charge is 2.25. The monoisotopic (exact) mass is 488 g/mol. The summed E-state index contributed by atoms with van der Waals surface area (Å²) in [7, 11) is 1.58. The minimum absolute atomic E-state index is 0.197.